The van der Waals surface area contributed by atoms with Gasteiger partial charge in [-0.15, -0.1) is 11.3 Å². The number of carbonyl (C=O) groups is 1. The van der Waals surface area contributed by atoms with E-state index in [0.717, 1.165) is 21.8 Å². The number of carbonyl (C=O) groups excluding carboxylic acids is 1. The second kappa shape index (κ2) is 6.49. The van der Waals surface area contributed by atoms with E-state index in [2.05, 4.69) is 15.3 Å². The largest absolute Gasteiger partial charge is 0.326 e. The molecule has 3 heterocycles. The molecule has 0 aliphatic heterocycles. The summed E-state index contributed by atoms with van der Waals surface area (Å²) in [4.78, 5) is 23.1. The van der Waals surface area contributed by atoms with Gasteiger partial charge in [0.2, 0.25) is 11.7 Å². The molecular formula is C19H16N4OS. The van der Waals surface area contributed by atoms with Gasteiger partial charge in [-0.1, -0.05) is 12.1 Å². The Bertz CT molecular complexity index is 1000. The van der Waals surface area contributed by atoms with Crippen LogP contribution < -0.4 is 5.32 Å². The van der Waals surface area contributed by atoms with Crippen molar-refractivity contribution in [3.63, 3.8) is 0 Å². The number of anilines is 1. The minimum atomic E-state index is -0.00784. The number of hydrogen-bond donors (Lipinski definition) is 1. The molecule has 4 rings (SSSR count). The van der Waals surface area contributed by atoms with Crippen LogP contribution in [0, 0.1) is 6.92 Å². The summed E-state index contributed by atoms with van der Waals surface area (Å²) >= 11 is 1.65. The minimum Gasteiger partial charge on any atom is -0.326 e. The Labute approximate surface area is 149 Å². The van der Waals surface area contributed by atoms with Gasteiger partial charge in [-0.25, -0.2) is 9.97 Å². The third kappa shape index (κ3) is 3.44. The Morgan fingerprint density at radius 1 is 1.20 bits per heavy atom. The molecule has 4 aromatic rings. The number of rotatable bonds is 4. The van der Waals surface area contributed by atoms with Gasteiger partial charge in [0.05, 0.1) is 12.1 Å². The van der Waals surface area contributed by atoms with Crippen LogP contribution in [0.25, 0.3) is 17.0 Å². The number of amides is 1. The molecule has 5 nitrogen and oxygen atoms in total. The van der Waals surface area contributed by atoms with Gasteiger partial charge in [0.15, 0.2) is 0 Å². The fourth-order valence-electron chi connectivity index (χ4n) is 2.64. The van der Waals surface area contributed by atoms with Crippen molar-refractivity contribution in [1.82, 2.24) is 14.4 Å². The second-order valence-corrected chi connectivity index (χ2v) is 7.14. The zero-order valence-electron chi connectivity index (χ0n) is 13.6. The van der Waals surface area contributed by atoms with Crippen LogP contribution in [0.1, 0.15) is 9.75 Å². The number of hydrogen-bond acceptors (Lipinski definition) is 4. The van der Waals surface area contributed by atoms with E-state index >= 15 is 0 Å². The van der Waals surface area contributed by atoms with Gasteiger partial charge >= 0.3 is 0 Å². The molecule has 0 saturated carbocycles. The minimum absolute atomic E-state index is 0.00784. The number of nitrogens with one attached hydrogen (secondary N) is 1. The Morgan fingerprint density at radius 2 is 2.04 bits per heavy atom. The van der Waals surface area contributed by atoms with Crippen LogP contribution in [0.3, 0.4) is 0 Å². The van der Waals surface area contributed by atoms with Gasteiger partial charge in [-0.3, -0.25) is 9.20 Å². The van der Waals surface area contributed by atoms with Crippen LogP contribution >= 0.6 is 11.3 Å². The van der Waals surface area contributed by atoms with E-state index < -0.39 is 0 Å². The molecule has 1 aromatic carbocycles. The van der Waals surface area contributed by atoms with Crippen LogP contribution in [-0.4, -0.2) is 20.3 Å². The van der Waals surface area contributed by atoms with Crippen molar-refractivity contribution in [3.8, 4) is 11.3 Å². The molecule has 6 heteroatoms. The zero-order valence-corrected chi connectivity index (χ0v) is 14.5. The normalized spacial score (nSPS) is 10.9. The van der Waals surface area contributed by atoms with E-state index in [4.69, 9.17) is 0 Å². The van der Waals surface area contributed by atoms with Crippen molar-refractivity contribution in [1.29, 1.82) is 0 Å². The molecule has 0 fully saturated rings. The molecule has 0 saturated heterocycles. The van der Waals surface area contributed by atoms with E-state index in [1.165, 1.54) is 4.88 Å². The Balaban J connectivity index is 1.47. The third-order valence-corrected chi connectivity index (χ3v) is 4.83. The van der Waals surface area contributed by atoms with E-state index in [-0.39, 0.29) is 5.91 Å². The van der Waals surface area contributed by atoms with Gasteiger partial charge in [-0.05, 0) is 37.3 Å². The average molecular weight is 348 g/mol. The number of fused-ring (bicyclic) bond motifs is 1. The standard InChI is InChI=1S/C19H16N4OS/c1-13-3-8-16(25-13)11-18(24)21-15-6-4-14(5-7-15)17-12-23-10-2-9-20-19(23)22-17/h2-10,12H,11H2,1H3,(H,21,24). The monoisotopic (exact) mass is 348 g/mol. The summed E-state index contributed by atoms with van der Waals surface area (Å²) in [7, 11) is 0. The number of aryl methyl sites for hydroxylation is 1. The van der Waals surface area contributed by atoms with Crippen molar-refractivity contribution in [2.45, 2.75) is 13.3 Å². The SMILES string of the molecule is Cc1ccc(CC(=O)Nc2ccc(-c3cn4cccnc4n3)cc2)s1. The summed E-state index contributed by atoms with van der Waals surface area (Å²) in [6.07, 6.45) is 5.98. The lowest BCUT2D eigenvalue weighted by atomic mass is 10.1. The van der Waals surface area contributed by atoms with E-state index in [9.17, 15) is 4.79 Å². The van der Waals surface area contributed by atoms with E-state index in [0.29, 0.717) is 12.2 Å². The quantitative estimate of drug-likeness (QED) is 0.607. The smallest absolute Gasteiger partial charge is 0.234 e. The van der Waals surface area contributed by atoms with E-state index in [1.807, 2.05) is 66.2 Å². The molecule has 3 aromatic heterocycles. The van der Waals surface area contributed by atoms with Gasteiger partial charge in [0.25, 0.3) is 0 Å². The van der Waals surface area contributed by atoms with Crippen LogP contribution in [0.2, 0.25) is 0 Å². The molecule has 0 bridgehead atoms. The van der Waals surface area contributed by atoms with Gasteiger partial charge in [0, 0.05) is 39.6 Å². The van der Waals surface area contributed by atoms with Crippen LogP contribution in [-0.2, 0) is 11.2 Å². The highest BCUT2D eigenvalue weighted by Crippen LogP contribution is 2.21. The molecule has 0 unspecified atom stereocenters. The summed E-state index contributed by atoms with van der Waals surface area (Å²) in [5.41, 5.74) is 2.62. The maximum atomic E-state index is 12.1. The van der Waals surface area contributed by atoms with Crippen LogP contribution in [0.4, 0.5) is 5.69 Å². The molecule has 0 aliphatic rings. The zero-order chi connectivity index (χ0) is 17.2. The first kappa shape index (κ1) is 15.5. The number of nitrogens with zero attached hydrogens (tertiary/aromatic N) is 3. The molecule has 0 radical (unpaired) electrons. The molecule has 124 valence electrons. The van der Waals surface area contributed by atoms with Crippen LogP contribution in [0.15, 0.2) is 61.1 Å². The van der Waals surface area contributed by atoms with Gasteiger partial charge in [0.1, 0.15) is 0 Å². The first-order valence-electron chi connectivity index (χ1n) is 7.93. The Hall–Kier alpha value is -2.99. The number of thiophene rings is 1. The van der Waals surface area contributed by atoms with Crippen molar-refractivity contribution in [2.24, 2.45) is 0 Å². The van der Waals surface area contributed by atoms with Gasteiger partial charge < -0.3 is 5.32 Å². The van der Waals surface area contributed by atoms with Crippen molar-refractivity contribution in [3.05, 3.63) is 70.8 Å². The maximum absolute atomic E-state index is 12.1. The second-order valence-electron chi connectivity index (χ2n) is 5.77. The average Bonchev–Trinajstić information content (AvgIpc) is 3.21. The summed E-state index contributed by atoms with van der Waals surface area (Å²) in [5, 5.41) is 2.93. The predicted octanol–water partition coefficient (Wildman–Crippen LogP) is 3.95. The number of imidazole rings is 1. The summed E-state index contributed by atoms with van der Waals surface area (Å²) in [6, 6.07) is 13.6. The fraction of sp³-hybridized carbons (Fsp3) is 0.105. The topological polar surface area (TPSA) is 59.3 Å². The molecule has 0 aliphatic carbocycles. The van der Waals surface area contributed by atoms with E-state index in [1.54, 1.807) is 17.5 Å². The van der Waals surface area contributed by atoms with Crippen LogP contribution in [0.5, 0.6) is 0 Å². The Morgan fingerprint density at radius 3 is 2.76 bits per heavy atom. The first-order valence-corrected chi connectivity index (χ1v) is 8.74. The number of aromatic nitrogens is 3. The lowest BCUT2D eigenvalue weighted by Crippen LogP contribution is -2.13. The molecule has 25 heavy (non-hydrogen) atoms. The molecule has 0 atom stereocenters. The lowest BCUT2D eigenvalue weighted by molar-refractivity contribution is -0.115. The maximum Gasteiger partial charge on any atom is 0.234 e. The Kier molecular flexibility index (Phi) is 4.03. The molecule has 1 N–H and O–H groups in total. The highest BCUT2D eigenvalue weighted by Gasteiger charge is 2.08. The molecule has 0 spiro atoms. The lowest BCUT2D eigenvalue weighted by Gasteiger charge is -2.05. The predicted molar refractivity (Wildman–Crippen MR) is 99.8 cm³/mol. The molecular weight excluding hydrogens is 332 g/mol. The van der Waals surface area contributed by atoms with Crippen molar-refractivity contribution >= 4 is 28.7 Å². The number of benzene rings is 1. The summed E-state index contributed by atoms with van der Waals surface area (Å²) in [5.74, 6) is 0.660. The van der Waals surface area contributed by atoms with Crippen molar-refractivity contribution in [2.75, 3.05) is 5.32 Å². The molecule has 1 amide bonds. The first-order chi connectivity index (χ1) is 12.2. The summed E-state index contributed by atoms with van der Waals surface area (Å²) in [6.45, 7) is 2.04. The highest BCUT2D eigenvalue weighted by molar-refractivity contribution is 7.12. The van der Waals surface area contributed by atoms with Gasteiger partial charge in [-0.2, -0.15) is 0 Å². The summed E-state index contributed by atoms with van der Waals surface area (Å²) < 4.78 is 1.88. The van der Waals surface area contributed by atoms with Crippen molar-refractivity contribution < 1.29 is 4.79 Å². The fourth-order valence-corrected chi connectivity index (χ4v) is 3.53. The third-order valence-electron chi connectivity index (χ3n) is 3.83. The highest BCUT2D eigenvalue weighted by atomic mass is 32.1.